The zero-order valence-electron chi connectivity index (χ0n) is 25.6. The summed E-state index contributed by atoms with van der Waals surface area (Å²) < 4.78 is 7.56. The smallest absolute Gasteiger partial charge is 0.326 e. The van der Waals surface area contributed by atoms with Gasteiger partial charge in [0.05, 0.1) is 17.0 Å². The Balaban J connectivity index is 1.33. The molecule has 1 saturated carbocycles. The molecule has 43 heavy (non-hydrogen) atoms. The molecule has 0 saturated heterocycles. The second kappa shape index (κ2) is 14.3. The quantitative estimate of drug-likeness (QED) is 0.0989. The summed E-state index contributed by atoms with van der Waals surface area (Å²) in [5.74, 6) is 0.872. The first-order chi connectivity index (χ1) is 20.8. The van der Waals surface area contributed by atoms with Gasteiger partial charge in [0, 0.05) is 18.0 Å². The topological polar surface area (TPSA) is 64.4 Å². The number of hydrogen-bond donors (Lipinski definition) is 0. The first-order valence-electron chi connectivity index (χ1n) is 15.5. The molecule has 1 atom stereocenters. The van der Waals surface area contributed by atoms with E-state index in [1.165, 1.54) is 19.3 Å². The van der Waals surface area contributed by atoms with Gasteiger partial charge < -0.3 is 14.2 Å². The Morgan fingerprint density at radius 3 is 2.28 bits per heavy atom. The van der Waals surface area contributed by atoms with Gasteiger partial charge in [0.15, 0.2) is 5.16 Å². The predicted molar refractivity (Wildman–Crippen MR) is 175 cm³/mol. The van der Waals surface area contributed by atoms with Crippen molar-refractivity contribution in [3.63, 3.8) is 0 Å². The van der Waals surface area contributed by atoms with Gasteiger partial charge >= 0.3 is 5.97 Å². The van der Waals surface area contributed by atoms with Crippen LogP contribution in [0.25, 0.3) is 11.0 Å². The van der Waals surface area contributed by atoms with Gasteiger partial charge in [-0.1, -0.05) is 91.7 Å². The number of nitrogens with zero attached hydrogens (tertiary/aromatic N) is 3. The van der Waals surface area contributed by atoms with Gasteiger partial charge in [-0.25, -0.2) is 4.98 Å². The van der Waals surface area contributed by atoms with E-state index in [1.807, 2.05) is 103 Å². The van der Waals surface area contributed by atoms with Crippen LogP contribution in [0, 0.1) is 5.92 Å². The summed E-state index contributed by atoms with van der Waals surface area (Å²) in [5.41, 5.74) is 3.27. The summed E-state index contributed by atoms with van der Waals surface area (Å²) in [6.45, 7) is 6.35. The fraction of sp³-hybridized carbons (Fsp3) is 0.417. The third-order valence-electron chi connectivity index (χ3n) is 7.96. The molecular formula is C36H43N3O3S. The number of fused-ring (bicyclic) bond motifs is 1. The van der Waals surface area contributed by atoms with Gasteiger partial charge in [0.1, 0.15) is 12.1 Å². The van der Waals surface area contributed by atoms with Crippen LogP contribution in [-0.2, 0) is 20.9 Å². The Bertz CT molecular complexity index is 1490. The Hall–Kier alpha value is -3.58. The van der Waals surface area contributed by atoms with Gasteiger partial charge in [-0.3, -0.25) is 9.59 Å². The summed E-state index contributed by atoms with van der Waals surface area (Å²) in [5, 5.41) is 0.786. The van der Waals surface area contributed by atoms with E-state index in [0.29, 0.717) is 12.5 Å². The number of aromatic nitrogens is 2. The summed E-state index contributed by atoms with van der Waals surface area (Å²) in [6, 6.07) is 28.3. The number of imidazole rings is 1. The van der Waals surface area contributed by atoms with E-state index in [2.05, 4.69) is 12.1 Å². The first-order valence-corrected chi connectivity index (χ1v) is 16.5. The molecule has 1 aliphatic rings. The standard InChI is InChI=1S/C36H43N3O3S/c1-36(2,3)42-32(40)26-39-31-23-14-13-22-30(31)37-35(39)43-25-15-24-38(29-20-11-6-12-21-29)34(41)33(27-16-7-4-8-17-27)28-18-9-5-10-19-28/h4,6-8,11-14,16-17,20-23,28,33H,5,9-10,15,18-19,24-26H2,1-3H3. The number of hydrogen-bond acceptors (Lipinski definition) is 5. The normalized spacial score (nSPS) is 14.9. The van der Waals surface area contributed by atoms with Crippen molar-refractivity contribution < 1.29 is 14.3 Å². The third-order valence-corrected chi connectivity index (χ3v) is 9.03. The Kier molecular flexibility index (Phi) is 10.2. The third kappa shape index (κ3) is 8.08. The second-order valence-corrected chi connectivity index (χ2v) is 13.4. The highest BCUT2D eigenvalue weighted by Gasteiger charge is 2.34. The van der Waals surface area contributed by atoms with Crippen LogP contribution in [0.2, 0.25) is 0 Å². The monoisotopic (exact) mass is 597 g/mol. The molecule has 0 bridgehead atoms. The second-order valence-electron chi connectivity index (χ2n) is 12.4. The van der Waals surface area contributed by atoms with Gasteiger partial charge in [0.2, 0.25) is 5.91 Å². The molecule has 3 aromatic carbocycles. The molecular weight excluding hydrogens is 554 g/mol. The molecule has 1 amide bonds. The molecule has 1 heterocycles. The van der Waals surface area contributed by atoms with Crippen molar-refractivity contribution in [1.29, 1.82) is 0 Å². The largest absolute Gasteiger partial charge is 0.459 e. The van der Waals surface area contributed by atoms with Crippen LogP contribution in [0.15, 0.2) is 90.1 Å². The zero-order chi connectivity index (χ0) is 30.2. The average Bonchev–Trinajstić information content (AvgIpc) is 3.34. The van der Waals surface area contributed by atoms with Crippen molar-refractivity contribution in [2.75, 3.05) is 17.2 Å². The maximum Gasteiger partial charge on any atom is 0.326 e. The fourth-order valence-electron chi connectivity index (χ4n) is 6.09. The number of carbonyl (C=O) groups is 2. The van der Waals surface area contributed by atoms with Gasteiger partial charge in [0.25, 0.3) is 0 Å². The predicted octanol–water partition coefficient (Wildman–Crippen LogP) is 8.26. The summed E-state index contributed by atoms with van der Waals surface area (Å²) in [7, 11) is 0. The van der Waals surface area contributed by atoms with Gasteiger partial charge in [-0.2, -0.15) is 0 Å². The Morgan fingerprint density at radius 1 is 0.930 bits per heavy atom. The Labute approximate surface area is 259 Å². The number of carbonyl (C=O) groups excluding carboxylic acids is 2. The molecule has 7 heteroatoms. The Morgan fingerprint density at radius 2 is 1.58 bits per heavy atom. The molecule has 0 spiro atoms. The highest BCUT2D eigenvalue weighted by Crippen LogP contribution is 2.38. The van der Waals surface area contributed by atoms with Crippen molar-refractivity contribution in [3.8, 4) is 0 Å². The summed E-state index contributed by atoms with van der Waals surface area (Å²) >= 11 is 1.62. The molecule has 1 unspecified atom stereocenters. The van der Waals surface area contributed by atoms with Crippen molar-refractivity contribution >= 4 is 40.4 Å². The van der Waals surface area contributed by atoms with Crippen LogP contribution in [0.1, 0.15) is 70.8 Å². The molecule has 226 valence electrons. The molecule has 6 nitrogen and oxygen atoms in total. The number of anilines is 1. The first kappa shape index (κ1) is 30.9. The number of amides is 1. The molecule has 0 N–H and O–H groups in total. The molecule has 0 aliphatic heterocycles. The lowest BCUT2D eigenvalue weighted by atomic mass is 9.76. The van der Waals surface area contributed by atoms with Gasteiger partial charge in [-0.15, -0.1) is 0 Å². The summed E-state index contributed by atoms with van der Waals surface area (Å²) in [4.78, 5) is 34.1. The minimum absolute atomic E-state index is 0.106. The van der Waals surface area contributed by atoms with Crippen molar-refractivity contribution in [1.82, 2.24) is 9.55 Å². The lowest BCUT2D eigenvalue weighted by molar-refractivity contribution is -0.155. The number of esters is 1. The van der Waals surface area contributed by atoms with Crippen LogP contribution in [-0.4, -0.2) is 39.3 Å². The van der Waals surface area contributed by atoms with Crippen molar-refractivity contribution in [2.24, 2.45) is 5.92 Å². The molecule has 4 aromatic rings. The fourth-order valence-corrected chi connectivity index (χ4v) is 7.03. The van der Waals surface area contributed by atoms with E-state index in [-0.39, 0.29) is 24.3 Å². The van der Waals surface area contributed by atoms with E-state index in [9.17, 15) is 9.59 Å². The minimum Gasteiger partial charge on any atom is -0.459 e. The number of benzene rings is 3. The average molecular weight is 598 g/mol. The van der Waals surface area contributed by atoms with Crippen LogP contribution in [0.4, 0.5) is 5.69 Å². The van der Waals surface area contributed by atoms with Crippen LogP contribution in [0.5, 0.6) is 0 Å². The van der Waals surface area contributed by atoms with Crippen molar-refractivity contribution in [2.45, 2.75) is 82.5 Å². The van der Waals surface area contributed by atoms with Crippen LogP contribution in [0.3, 0.4) is 0 Å². The van der Waals surface area contributed by atoms with E-state index in [1.54, 1.807) is 11.8 Å². The zero-order valence-corrected chi connectivity index (χ0v) is 26.4. The van der Waals surface area contributed by atoms with Crippen LogP contribution < -0.4 is 4.90 Å². The van der Waals surface area contributed by atoms with Crippen LogP contribution >= 0.6 is 11.8 Å². The maximum atomic E-state index is 14.5. The maximum absolute atomic E-state index is 14.5. The lowest BCUT2D eigenvalue weighted by Crippen LogP contribution is -2.39. The molecule has 1 fully saturated rings. The molecule has 1 aromatic heterocycles. The van der Waals surface area contributed by atoms with E-state index < -0.39 is 5.60 Å². The highest BCUT2D eigenvalue weighted by atomic mass is 32.2. The number of ether oxygens (including phenoxy) is 1. The van der Waals surface area contributed by atoms with Gasteiger partial charge in [-0.05, 0) is 75.8 Å². The minimum atomic E-state index is -0.552. The van der Waals surface area contributed by atoms with Crippen molar-refractivity contribution in [3.05, 3.63) is 90.5 Å². The lowest BCUT2D eigenvalue weighted by Gasteiger charge is -2.34. The highest BCUT2D eigenvalue weighted by molar-refractivity contribution is 7.99. The SMILES string of the molecule is CC(C)(C)OC(=O)Cn1c(SCCCN(C(=O)C(c2ccccc2)C2CCCCC2)c2ccccc2)nc2ccccc21. The van der Waals surface area contributed by atoms with E-state index in [4.69, 9.17) is 9.72 Å². The summed E-state index contributed by atoms with van der Waals surface area (Å²) in [6.07, 6.45) is 6.61. The molecule has 5 rings (SSSR count). The molecule has 1 aliphatic carbocycles. The van der Waals surface area contributed by atoms with E-state index >= 15 is 0 Å². The number of thioether (sulfide) groups is 1. The number of para-hydroxylation sites is 3. The number of rotatable bonds is 11. The van der Waals surface area contributed by atoms with E-state index in [0.717, 1.165) is 52.5 Å². The molecule has 0 radical (unpaired) electrons.